The molecule has 2 heterocycles. The van der Waals surface area contributed by atoms with Crippen LogP contribution in [0.2, 0.25) is 0 Å². The summed E-state index contributed by atoms with van der Waals surface area (Å²) in [5, 5.41) is 10.3. The fourth-order valence-corrected chi connectivity index (χ4v) is 10.8. The molecule has 0 N–H and O–H groups in total. The van der Waals surface area contributed by atoms with Crippen molar-refractivity contribution in [3.8, 4) is 22.3 Å². The number of aromatic nitrogens is 1. The fourth-order valence-electron chi connectivity index (χ4n) is 10.8. The zero-order chi connectivity index (χ0) is 38.7. The Bertz CT molecular complexity index is 3330. The number of fused-ring (bicyclic) bond motifs is 13. The molecule has 0 amide bonds. The molecule has 9 aromatic rings. The van der Waals surface area contributed by atoms with Gasteiger partial charge in [0.1, 0.15) is 5.84 Å². The molecule has 2 aliphatic carbocycles. The molecule has 8 aromatic carbocycles. The topological polar surface area (TPSA) is 17.3 Å². The molecule has 0 spiro atoms. The highest BCUT2D eigenvalue weighted by molar-refractivity contribution is 6.30. The predicted molar refractivity (Wildman–Crippen MR) is 247 cm³/mol. The van der Waals surface area contributed by atoms with Crippen LogP contribution in [0.3, 0.4) is 0 Å². The highest BCUT2D eigenvalue weighted by atomic mass is 15.1. The van der Waals surface area contributed by atoms with Gasteiger partial charge in [0.15, 0.2) is 0 Å². The third-order valence-corrected chi connectivity index (χ3v) is 13.6. The molecule has 2 unspecified atom stereocenters. The lowest BCUT2D eigenvalue weighted by Crippen LogP contribution is -2.32. The van der Waals surface area contributed by atoms with Gasteiger partial charge in [-0.25, -0.2) is 4.99 Å². The van der Waals surface area contributed by atoms with E-state index in [0.717, 1.165) is 23.5 Å². The SMILES string of the molecule is CCC1C(n2c3cc4c(cc3c3cc5c6ccccc6c6ccccc6c5cc32)-c2ccccc2C4(C)C)=NC(c2ccc(-c3ccccc3)cc2)=C2C=CC=CC21. The summed E-state index contributed by atoms with van der Waals surface area (Å²) < 4.78 is 2.57. The summed E-state index contributed by atoms with van der Waals surface area (Å²) in [6.45, 7) is 7.12. The third kappa shape index (κ3) is 4.63. The van der Waals surface area contributed by atoms with Crippen molar-refractivity contribution in [2.75, 3.05) is 0 Å². The predicted octanol–water partition coefficient (Wildman–Crippen LogP) is 14.7. The van der Waals surface area contributed by atoms with E-state index in [1.165, 1.54) is 93.1 Å². The van der Waals surface area contributed by atoms with E-state index in [0.29, 0.717) is 0 Å². The van der Waals surface area contributed by atoms with Crippen LogP contribution in [0.1, 0.15) is 43.9 Å². The molecule has 1 aliphatic heterocycles. The Kier molecular flexibility index (Phi) is 7.11. The molecule has 2 heteroatoms. The van der Waals surface area contributed by atoms with Crippen molar-refractivity contribution in [3.05, 3.63) is 198 Å². The molecule has 12 rings (SSSR count). The van der Waals surface area contributed by atoms with Crippen LogP contribution in [-0.4, -0.2) is 10.4 Å². The van der Waals surface area contributed by atoms with Crippen molar-refractivity contribution in [1.29, 1.82) is 0 Å². The van der Waals surface area contributed by atoms with Gasteiger partial charge < -0.3 is 0 Å². The Morgan fingerprint density at radius 1 is 0.517 bits per heavy atom. The molecule has 2 atom stereocenters. The summed E-state index contributed by atoms with van der Waals surface area (Å²) in [4.78, 5) is 5.87. The highest BCUT2D eigenvalue weighted by Gasteiger charge is 2.38. The summed E-state index contributed by atoms with van der Waals surface area (Å²) in [6, 6.07) is 56.6. The second-order valence-electron chi connectivity index (χ2n) is 16.9. The molecule has 0 bridgehead atoms. The first kappa shape index (κ1) is 33.4. The van der Waals surface area contributed by atoms with Crippen molar-refractivity contribution in [1.82, 2.24) is 4.57 Å². The Morgan fingerprint density at radius 2 is 1.10 bits per heavy atom. The number of rotatable bonds is 3. The second-order valence-corrected chi connectivity index (χ2v) is 16.9. The molecule has 0 fully saturated rings. The Morgan fingerprint density at radius 3 is 1.83 bits per heavy atom. The zero-order valence-electron chi connectivity index (χ0n) is 33.0. The molecular weight excluding hydrogens is 701 g/mol. The first-order valence-corrected chi connectivity index (χ1v) is 20.8. The van der Waals surface area contributed by atoms with Crippen LogP contribution >= 0.6 is 0 Å². The minimum atomic E-state index is -0.132. The van der Waals surface area contributed by atoms with Crippen LogP contribution < -0.4 is 0 Å². The normalized spacial score (nSPS) is 18.0. The van der Waals surface area contributed by atoms with Crippen LogP contribution in [0.5, 0.6) is 0 Å². The number of allylic oxidation sites excluding steroid dienone is 5. The van der Waals surface area contributed by atoms with Gasteiger partial charge in [-0.15, -0.1) is 0 Å². The van der Waals surface area contributed by atoms with Crippen LogP contribution in [0.4, 0.5) is 0 Å². The smallest absolute Gasteiger partial charge is 0.118 e. The van der Waals surface area contributed by atoms with Gasteiger partial charge in [0.25, 0.3) is 0 Å². The van der Waals surface area contributed by atoms with Crippen molar-refractivity contribution < 1.29 is 0 Å². The fraction of sp³-hybridized carbons (Fsp3) is 0.125. The molecule has 276 valence electrons. The Labute approximate surface area is 338 Å². The molecule has 58 heavy (non-hydrogen) atoms. The van der Waals surface area contributed by atoms with Gasteiger partial charge in [-0.05, 0) is 102 Å². The van der Waals surface area contributed by atoms with Crippen LogP contribution in [0.25, 0.3) is 82.1 Å². The van der Waals surface area contributed by atoms with E-state index in [1.807, 2.05) is 0 Å². The van der Waals surface area contributed by atoms with Gasteiger partial charge in [-0.2, -0.15) is 0 Å². The van der Waals surface area contributed by atoms with E-state index in [-0.39, 0.29) is 17.3 Å². The summed E-state index contributed by atoms with van der Waals surface area (Å²) in [5.74, 6) is 1.51. The maximum absolute atomic E-state index is 5.87. The van der Waals surface area contributed by atoms with Crippen molar-refractivity contribution >= 4 is 65.7 Å². The summed E-state index contributed by atoms with van der Waals surface area (Å²) >= 11 is 0. The number of nitrogens with zero attached hydrogens (tertiary/aromatic N) is 2. The maximum atomic E-state index is 5.87. The number of hydrogen-bond donors (Lipinski definition) is 0. The maximum Gasteiger partial charge on any atom is 0.118 e. The lowest BCUT2D eigenvalue weighted by molar-refractivity contribution is 0.538. The van der Waals surface area contributed by atoms with E-state index in [9.17, 15) is 0 Å². The summed E-state index contributed by atoms with van der Waals surface area (Å²) in [7, 11) is 0. The van der Waals surface area contributed by atoms with Gasteiger partial charge in [0, 0.05) is 33.6 Å². The molecule has 2 nitrogen and oxygen atoms in total. The summed E-state index contributed by atoms with van der Waals surface area (Å²) in [5.41, 5.74) is 13.7. The third-order valence-electron chi connectivity index (χ3n) is 13.6. The van der Waals surface area contributed by atoms with Crippen LogP contribution in [0, 0.1) is 11.8 Å². The Balaban J connectivity index is 1.19. The molecule has 0 radical (unpaired) electrons. The zero-order valence-corrected chi connectivity index (χ0v) is 33.0. The van der Waals surface area contributed by atoms with Crippen molar-refractivity contribution in [3.63, 3.8) is 0 Å². The number of benzene rings is 8. The Hall–Kier alpha value is -6.77. The van der Waals surface area contributed by atoms with E-state index in [2.05, 4.69) is 201 Å². The molecular formula is C56H42N2. The molecule has 0 saturated heterocycles. The molecule has 0 saturated carbocycles. The van der Waals surface area contributed by atoms with E-state index in [4.69, 9.17) is 4.99 Å². The minimum Gasteiger partial charge on any atom is -0.297 e. The average molecular weight is 743 g/mol. The monoisotopic (exact) mass is 742 g/mol. The van der Waals surface area contributed by atoms with Crippen molar-refractivity contribution in [2.45, 2.75) is 32.6 Å². The lowest BCUT2D eigenvalue weighted by atomic mass is 9.77. The second kappa shape index (κ2) is 12.4. The number of aliphatic imine (C=N–C) groups is 1. The lowest BCUT2D eigenvalue weighted by Gasteiger charge is -2.34. The average Bonchev–Trinajstić information content (AvgIpc) is 3.71. The van der Waals surface area contributed by atoms with Gasteiger partial charge >= 0.3 is 0 Å². The molecule has 3 aliphatic rings. The van der Waals surface area contributed by atoms with E-state index >= 15 is 0 Å². The largest absolute Gasteiger partial charge is 0.297 e. The van der Waals surface area contributed by atoms with Gasteiger partial charge in [0.2, 0.25) is 0 Å². The van der Waals surface area contributed by atoms with Crippen molar-refractivity contribution in [2.24, 2.45) is 16.8 Å². The van der Waals surface area contributed by atoms with E-state index < -0.39 is 0 Å². The van der Waals surface area contributed by atoms with E-state index in [1.54, 1.807) is 0 Å². The first-order chi connectivity index (χ1) is 28.5. The standard InChI is InChI=1S/C56H42N2/c1-4-37-38-18-12-13-24-44(38)54(36-28-26-35(27-29-36)34-16-6-5-7-17-34)57-55(37)58-52-32-46-42-22-11-9-20-40(42)39-19-8-10-21-41(39)45(46)30-48(52)49-31-47-43-23-14-15-25-50(43)56(2,3)51(47)33-53(49)58/h5-33,37-38H,4H2,1-3H3. The number of hydrogen-bond acceptors (Lipinski definition) is 1. The van der Waals surface area contributed by atoms with Crippen LogP contribution in [-0.2, 0) is 5.41 Å². The highest BCUT2D eigenvalue weighted by Crippen LogP contribution is 2.52. The first-order valence-electron chi connectivity index (χ1n) is 20.8. The quantitative estimate of drug-likeness (QED) is 0.160. The summed E-state index contributed by atoms with van der Waals surface area (Å²) in [6.07, 6.45) is 10.1. The van der Waals surface area contributed by atoms with Gasteiger partial charge in [-0.3, -0.25) is 4.57 Å². The van der Waals surface area contributed by atoms with Gasteiger partial charge in [-0.1, -0.05) is 172 Å². The van der Waals surface area contributed by atoms with Gasteiger partial charge in [0.05, 0.1) is 16.7 Å². The minimum absolute atomic E-state index is 0.132. The van der Waals surface area contributed by atoms with Crippen LogP contribution in [0.15, 0.2) is 187 Å². The molecule has 1 aromatic heterocycles.